The number of aliphatic carboxylic acids is 1. The molecule has 1 heterocycles. The molecule has 1 fully saturated rings. The number of halogens is 4. The fourth-order valence-electron chi connectivity index (χ4n) is 2.48. The second-order valence-electron chi connectivity index (χ2n) is 5.26. The van der Waals surface area contributed by atoms with Crippen LogP contribution in [0.15, 0.2) is 24.3 Å². The van der Waals surface area contributed by atoms with Crippen LogP contribution in [0, 0.1) is 17.7 Å². The lowest BCUT2D eigenvalue weighted by atomic mass is 9.96. The van der Waals surface area contributed by atoms with Crippen molar-refractivity contribution in [3.63, 3.8) is 0 Å². The Labute approximate surface area is 129 Å². The van der Waals surface area contributed by atoms with E-state index in [4.69, 9.17) is 5.11 Å². The Morgan fingerprint density at radius 3 is 2.35 bits per heavy atom. The summed E-state index contributed by atoms with van der Waals surface area (Å²) in [6, 6.07) is 4.99. The van der Waals surface area contributed by atoms with Crippen molar-refractivity contribution in [2.75, 3.05) is 13.1 Å². The van der Waals surface area contributed by atoms with E-state index in [0.29, 0.717) is 4.31 Å². The molecule has 1 N–H and O–H groups in total. The van der Waals surface area contributed by atoms with Gasteiger partial charge in [-0.15, -0.1) is 0 Å². The number of carboxylic acid groups (broad SMARTS) is 1. The second kappa shape index (κ2) is 6.08. The molecule has 0 radical (unpaired) electrons. The number of benzene rings is 1. The molecule has 0 saturated carbocycles. The maximum absolute atomic E-state index is 13.5. The van der Waals surface area contributed by atoms with E-state index in [0.717, 1.165) is 6.07 Å². The van der Waals surface area contributed by atoms with Gasteiger partial charge in [-0.25, -0.2) is 17.1 Å². The van der Waals surface area contributed by atoms with Crippen LogP contribution in [0.4, 0.5) is 17.6 Å². The van der Waals surface area contributed by atoms with Crippen molar-refractivity contribution >= 4 is 16.0 Å². The molecule has 23 heavy (non-hydrogen) atoms. The van der Waals surface area contributed by atoms with Gasteiger partial charge in [0.05, 0.1) is 17.6 Å². The third kappa shape index (κ3) is 3.81. The molecule has 0 spiro atoms. The van der Waals surface area contributed by atoms with Gasteiger partial charge in [0.2, 0.25) is 10.0 Å². The van der Waals surface area contributed by atoms with Gasteiger partial charge >= 0.3 is 12.1 Å². The zero-order chi connectivity index (χ0) is 17.4. The van der Waals surface area contributed by atoms with Crippen LogP contribution < -0.4 is 0 Å². The van der Waals surface area contributed by atoms with E-state index in [-0.39, 0.29) is 5.56 Å². The molecule has 0 bridgehead atoms. The molecule has 10 heteroatoms. The molecule has 0 aliphatic carbocycles. The predicted molar refractivity (Wildman–Crippen MR) is 71.3 cm³/mol. The maximum Gasteiger partial charge on any atom is 0.393 e. The average molecular weight is 355 g/mol. The van der Waals surface area contributed by atoms with E-state index in [2.05, 4.69) is 0 Å². The third-order valence-electron chi connectivity index (χ3n) is 3.71. The Bertz CT molecular complexity index is 704. The number of sulfonamides is 1. The molecule has 1 saturated heterocycles. The largest absolute Gasteiger partial charge is 0.481 e. The molecular formula is C13H13F4NO4S. The lowest BCUT2D eigenvalue weighted by molar-refractivity contribution is -0.187. The first-order valence-electron chi connectivity index (χ1n) is 6.53. The van der Waals surface area contributed by atoms with E-state index in [1.807, 2.05) is 0 Å². The molecular weight excluding hydrogens is 342 g/mol. The Morgan fingerprint density at radius 1 is 1.26 bits per heavy atom. The number of nitrogens with zero attached hydrogens (tertiary/aromatic N) is 1. The molecule has 1 aliphatic heterocycles. The van der Waals surface area contributed by atoms with Gasteiger partial charge in [-0.05, 0) is 6.07 Å². The van der Waals surface area contributed by atoms with Gasteiger partial charge in [-0.3, -0.25) is 4.79 Å². The van der Waals surface area contributed by atoms with Crippen LogP contribution in [0.2, 0.25) is 0 Å². The van der Waals surface area contributed by atoms with Crippen LogP contribution in [0.3, 0.4) is 0 Å². The van der Waals surface area contributed by atoms with E-state index in [9.17, 15) is 30.8 Å². The summed E-state index contributed by atoms with van der Waals surface area (Å²) in [6.45, 7) is -1.76. The summed E-state index contributed by atoms with van der Waals surface area (Å²) in [5.74, 6) is -7.48. The summed E-state index contributed by atoms with van der Waals surface area (Å²) in [6.07, 6.45) is -4.83. The number of hydrogen-bond acceptors (Lipinski definition) is 3. The molecule has 1 aliphatic rings. The normalized spacial score (nSPS) is 23.1. The minimum atomic E-state index is -4.83. The predicted octanol–water partition coefficient (Wildman–Crippen LogP) is 1.85. The van der Waals surface area contributed by atoms with Gasteiger partial charge in [0.25, 0.3) is 0 Å². The topological polar surface area (TPSA) is 74.7 Å². The van der Waals surface area contributed by atoms with Crippen molar-refractivity contribution in [2.45, 2.75) is 11.9 Å². The van der Waals surface area contributed by atoms with Crippen LogP contribution in [-0.2, 0) is 20.6 Å². The number of carbonyl (C=O) groups is 1. The Hall–Kier alpha value is -1.68. The fourth-order valence-corrected chi connectivity index (χ4v) is 4.07. The monoisotopic (exact) mass is 355 g/mol. The van der Waals surface area contributed by atoms with E-state index in [1.54, 1.807) is 0 Å². The van der Waals surface area contributed by atoms with Crippen molar-refractivity contribution in [1.29, 1.82) is 0 Å². The first-order valence-corrected chi connectivity index (χ1v) is 8.14. The van der Waals surface area contributed by atoms with Gasteiger partial charge in [-0.1, -0.05) is 18.2 Å². The van der Waals surface area contributed by atoms with Gasteiger partial charge in [0.1, 0.15) is 5.82 Å². The number of alkyl halides is 3. The highest BCUT2D eigenvalue weighted by Crippen LogP contribution is 2.39. The Balaban J connectivity index is 2.24. The summed E-state index contributed by atoms with van der Waals surface area (Å²) >= 11 is 0. The van der Waals surface area contributed by atoms with Gasteiger partial charge in [0.15, 0.2) is 0 Å². The van der Waals surface area contributed by atoms with E-state index < -0.39 is 58.7 Å². The molecule has 128 valence electrons. The fraction of sp³-hybridized carbons (Fsp3) is 0.462. The third-order valence-corrected chi connectivity index (χ3v) is 5.47. The van der Waals surface area contributed by atoms with Crippen molar-refractivity contribution in [3.05, 3.63) is 35.6 Å². The first kappa shape index (κ1) is 17.7. The molecule has 1 aromatic carbocycles. The van der Waals surface area contributed by atoms with Crippen molar-refractivity contribution in [1.82, 2.24) is 4.31 Å². The number of rotatable bonds is 4. The van der Waals surface area contributed by atoms with Crippen molar-refractivity contribution < 1.29 is 35.9 Å². The molecule has 0 unspecified atom stereocenters. The molecule has 1 aromatic rings. The van der Waals surface area contributed by atoms with Gasteiger partial charge in [0, 0.05) is 18.7 Å². The summed E-state index contributed by atoms with van der Waals surface area (Å²) < 4.78 is 77.0. The van der Waals surface area contributed by atoms with Crippen LogP contribution in [0.25, 0.3) is 0 Å². The van der Waals surface area contributed by atoms with Gasteiger partial charge in [-0.2, -0.15) is 13.2 Å². The van der Waals surface area contributed by atoms with E-state index >= 15 is 0 Å². The lowest BCUT2D eigenvalue weighted by Crippen LogP contribution is -2.34. The SMILES string of the molecule is O=C(O)[C@@H]1CN(S(=O)(=O)Cc2ccccc2F)C[C@H]1C(F)(F)F. The lowest BCUT2D eigenvalue weighted by Gasteiger charge is -2.18. The van der Waals surface area contributed by atoms with Crippen molar-refractivity contribution in [3.8, 4) is 0 Å². The highest BCUT2D eigenvalue weighted by molar-refractivity contribution is 7.88. The number of hydrogen-bond donors (Lipinski definition) is 1. The highest BCUT2D eigenvalue weighted by Gasteiger charge is 2.54. The van der Waals surface area contributed by atoms with Crippen LogP contribution in [-0.4, -0.2) is 43.1 Å². The molecule has 2 atom stereocenters. The second-order valence-corrected chi connectivity index (χ2v) is 7.23. The molecule has 5 nitrogen and oxygen atoms in total. The van der Waals surface area contributed by atoms with Crippen LogP contribution >= 0.6 is 0 Å². The summed E-state index contributed by atoms with van der Waals surface area (Å²) in [5, 5.41) is 8.88. The van der Waals surface area contributed by atoms with Gasteiger partial charge < -0.3 is 5.11 Å². The van der Waals surface area contributed by atoms with Crippen LogP contribution in [0.1, 0.15) is 5.56 Å². The molecule has 0 amide bonds. The standard InChI is InChI=1S/C13H13F4NO4S/c14-11-4-2-1-3-8(11)7-23(21,22)18-5-9(12(19)20)10(6-18)13(15,16)17/h1-4,9-10H,5-7H2,(H,19,20)/t9-,10-/m1/s1. The summed E-state index contributed by atoms with van der Waals surface area (Å²) in [7, 11) is -4.27. The van der Waals surface area contributed by atoms with Crippen molar-refractivity contribution in [2.24, 2.45) is 11.8 Å². The zero-order valence-electron chi connectivity index (χ0n) is 11.6. The van der Waals surface area contributed by atoms with E-state index in [1.165, 1.54) is 18.2 Å². The first-order chi connectivity index (χ1) is 10.5. The Morgan fingerprint density at radius 2 is 1.87 bits per heavy atom. The Kier molecular flexibility index (Phi) is 4.67. The summed E-state index contributed by atoms with van der Waals surface area (Å²) in [5.41, 5.74) is -0.185. The summed E-state index contributed by atoms with van der Waals surface area (Å²) in [4.78, 5) is 11.0. The highest BCUT2D eigenvalue weighted by atomic mass is 32.2. The minimum Gasteiger partial charge on any atom is -0.481 e. The molecule has 0 aromatic heterocycles. The zero-order valence-corrected chi connectivity index (χ0v) is 12.4. The molecule has 2 rings (SSSR count). The maximum atomic E-state index is 13.5. The van der Waals surface area contributed by atoms with Crippen LogP contribution in [0.5, 0.6) is 0 Å². The smallest absolute Gasteiger partial charge is 0.393 e. The minimum absolute atomic E-state index is 0.185. The number of carboxylic acids is 1. The quantitative estimate of drug-likeness (QED) is 0.837. The average Bonchev–Trinajstić information content (AvgIpc) is 2.87.